The maximum absolute atomic E-state index is 13.1. The van der Waals surface area contributed by atoms with Gasteiger partial charge in [-0.1, -0.05) is 54.6 Å². The van der Waals surface area contributed by atoms with Gasteiger partial charge in [0.25, 0.3) is 0 Å². The fraction of sp³-hybridized carbons (Fsp3) is 0.250. The van der Waals surface area contributed by atoms with Gasteiger partial charge in [0.15, 0.2) is 24.6 Å². The van der Waals surface area contributed by atoms with E-state index in [1.807, 2.05) is 0 Å². The van der Waals surface area contributed by atoms with Gasteiger partial charge in [-0.3, -0.25) is 0 Å². The lowest BCUT2D eigenvalue weighted by atomic mass is 9.97. The Bertz CT molecular complexity index is 1120. The molecule has 1 aliphatic heterocycles. The number of hydrogen-bond acceptors (Lipinski definition) is 9. The molecule has 37 heavy (non-hydrogen) atoms. The van der Waals surface area contributed by atoms with E-state index in [9.17, 15) is 19.5 Å². The molecule has 1 aliphatic rings. The van der Waals surface area contributed by atoms with Gasteiger partial charge < -0.3 is 28.8 Å². The molecule has 0 aromatic heterocycles. The first-order chi connectivity index (χ1) is 18.0. The molecule has 3 aromatic carbocycles. The normalized spacial score (nSPS) is 23.0. The second-order valence-corrected chi connectivity index (χ2v) is 8.17. The van der Waals surface area contributed by atoms with Crippen LogP contribution in [0.25, 0.3) is 0 Å². The number of carbonyl (C=O) groups is 3. The van der Waals surface area contributed by atoms with E-state index in [0.717, 1.165) is 0 Å². The Hall–Kier alpha value is -4.05. The zero-order valence-electron chi connectivity index (χ0n) is 20.0. The number of rotatable bonds is 8. The van der Waals surface area contributed by atoms with Gasteiger partial charge in [-0.25, -0.2) is 14.4 Å². The Balaban J connectivity index is 1.69. The largest absolute Gasteiger partial charge is 0.452 e. The van der Waals surface area contributed by atoms with Crippen molar-refractivity contribution in [2.45, 2.75) is 30.7 Å². The van der Waals surface area contributed by atoms with E-state index in [2.05, 4.69) is 0 Å². The van der Waals surface area contributed by atoms with Crippen LogP contribution in [0.1, 0.15) is 31.1 Å². The van der Waals surface area contributed by atoms with Crippen molar-refractivity contribution in [2.75, 3.05) is 13.7 Å². The minimum Gasteiger partial charge on any atom is -0.452 e. The lowest BCUT2D eigenvalue weighted by Crippen LogP contribution is -2.62. The number of benzene rings is 3. The zero-order chi connectivity index (χ0) is 26.2. The highest BCUT2D eigenvalue weighted by Crippen LogP contribution is 2.30. The molecular formula is C28H26O9. The van der Waals surface area contributed by atoms with Gasteiger partial charge in [0.2, 0.25) is 0 Å². The van der Waals surface area contributed by atoms with Crippen molar-refractivity contribution in [2.24, 2.45) is 0 Å². The molecule has 0 spiro atoms. The van der Waals surface area contributed by atoms with Crippen molar-refractivity contribution < 1.29 is 43.2 Å². The van der Waals surface area contributed by atoms with E-state index in [1.54, 1.807) is 91.0 Å². The van der Waals surface area contributed by atoms with Gasteiger partial charge in [0.1, 0.15) is 6.10 Å². The van der Waals surface area contributed by atoms with Crippen LogP contribution in [0.4, 0.5) is 0 Å². The van der Waals surface area contributed by atoms with Gasteiger partial charge in [-0.2, -0.15) is 0 Å². The second kappa shape index (κ2) is 12.3. The van der Waals surface area contributed by atoms with Gasteiger partial charge in [-0.05, 0) is 36.4 Å². The summed E-state index contributed by atoms with van der Waals surface area (Å²) in [7, 11) is 1.31. The highest BCUT2D eigenvalue weighted by atomic mass is 16.7. The average Bonchev–Trinajstić information content (AvgIpc) is 2.95. The SMILES string of the molecule is CO[C@@H]1O[C@H](CO)[C@@H](OC(=O)c2ccccc2)[C@H](OC(=O)c2ccccc2)[C@H]1OC(=O)c1ccccc1. The van der Waals surface area contributed by atoms with Crippen LogP contribution in [-0.2, 0) is 23.7 Å². The third-order valence-electron chi connectivity index (χ3n) is 5.76. The Morgan fingerprint density at radius 3 is 1.41 bits per heavy atom. The van der Waals surface area contributed by atoms with Gasteiger partial charge in [0.05, 0.1) is 23.3 Å². The Morgan fingerprint density at radius 1 is 0.649 bits per heavy atom. The van der Waals surface area contributed by atoms with E-state index in [4.69, 9.17) is 23.7 Å². The molecule has 4 rings (SSSR count). The molecule has 0 bridgehead atoms. The lowest BCUT2D eigenvalue weighted by molar-refractivity contribution is -0.292. The monoisotopic (exact) mass is 506 g/mol. The van der Waals surface area contributed by atoms with Crippen LogP contribution >= 0.6 is 0 Å². The lowest BCUT2D eigenvalue weighted by Gasteiger charge is -2.43. The summed E-state index contributed by atoms with van der Waals surface area (Å²) in [6, 6.07) is 24.5. The molecule has 0 aliphatic carbocycles. The van der Waals surface area contributed by atoms with Crippen molar-refractivity contribution in [3.63, 3.8) is 0 Å². The quantitative estimate of drug-likeness (QED) is 0.363. The molecule has 3 aromatic rings. The fourth-order valence-corrected chi connectivity index (χ4v) is 3.91. The van der Waals surface area contributed by atoms with Crippen molar-refractivity contribution in [1.82, 2.24) is 0 Å². The van der Waals surface area contributed by atoms with Crippen molar-refractivity contribution >= 4 is 17.9 Å². The van der Waals surface area contributed by atoms with E-state index in [-0.39, 0.29) is 16.7 Å². The number of hydrogen-bond donors (Lipinski definition) is 1. The van der Waals surface area contributed by atoms with Gasteiger partial charge >= 0.3 is 17.9 Å². The highest BCUT2D eigenvalue weighted by molar-refractivity contribution is 5.91. The third-order valence-corrected chi connectivity index (χ3v) is 5.76. The average molecular weight is 507 g/mol. The first kappa shape index (κ1) is 26.0. The second-order valence-electron chi connectivity index (χ2n) is 8.17. The molecule has 192 valence electrons. The Labute approximate surface area is 213 Å². The van der Waals surface area contributed by atoms with Crippen molar-refractivity contribution in [3.8, 4) is 0 Å². The first-order valence-electron chi connectivity index (χ1n) is 11.6. The molecule has 0 amide bonds. The van der Waals surface area contributed by atoms with Crippen LogP contribution in [0.15, 0.2) is 91.0 Å². The number of aliphatic hydroxyl groups excluding tert-OH is 1. The Kier molecular flexibility index (Phi) is 8.63. The predicted molar refractivity (Wildman–Crippen MR) is 130 cm³/mol. The summed E-state index contributed by atoms with van der Waals surface area (Å²) < 4.78 is 28.3. The van der Waals surface area contributed by atoms with Gasteiger partial charge in [-0.15, -0.1) is 0 Å². The standard InChI is InChI=1S/C28H26O9/c1-33-28-24(37-27(32)20-15-9-4-10-16-20)23(36-26(31)19-13-7-3-8-14-19)22(21(17-29)34-28)35-25(30)18-11-5-2-6-12-18/h2-16,21-24,28-29H,17H2,1H3/t21-,22-,23+,24-,28-/m1/s1. The van der Waals surface area contributed by atoms with Crippen molar-refractivity contribution in [3.05, 3.63) is 108 Å². The molecule has 9 nitrogen and oxygen atoms in total. The van der Waals surface area contributed by atoms with Gasteiger partial charge in [0, 0.05) is 7.11 Å². The highest BCUT2D eigenvalue weighted by Gasteiger charge is 2.52. The fourth-order valence-electron chi connectivity index (χ4n) is 3.91. The topological polar surface area (TPSA) is 118 Å². The van der Waals surface area contributed by atoms with Crippen molar-refractivity contribution in [1.29, 1.82) is 0 Å². The predicted octanol–water partition coefficient (Wildman–Crippen LogP) is 3.03. The number of aliphatic hydroxyl groups is 1. The molecule has 0 saturated carbocycles. The molecule has 9 heteroatoms. The number of esters is 3. The number of ether oxygens (including phenoxy) is 5. The Morgan fingerprint density at radius 2 is 1.03 bits per heavy atom. The molecule has 1 fully saturated rings. The molecule has 5 atom stereocenters. The van der Waals surface area contributed by atoms with E-state index in [0.29, 0.717) is 0 Å². The van der Waals surface area contributed by atoms with Crippen LogP contribution < -0.4 is 0 Å². The molecule has 1 saturated heterocycles. The summed E-state index contributed by atoms with van der Waals surface area (Å²) in [4.78, 5) is 38.9. The van der Waals surface area contributed by atoms with Crippen LogP contribution in [0.2, 0.25) is 0 Å². The van der Waals surface area contributed by atoms with Crippen LogP contribution in [0.5, 0.6) is 0 Å². The van der Waals surface area contributed by atoms with E-state index < -0.39 is 55.2 Å². The summed E-state index contributed by atoms with van der Waals surface area (Å²) in [6.07, 6.45) is -6.40. The summed E-state index contributed by atoms with van der Waals surface area (Å²) in [5.74, 6) is -2.22. The molecule has 1 heterocycles. The first-order valence-corrected chi connectivity index (χ1v) is 11.6. The minimum absolute atomic E-state index is 0.227. The van der Waals surface area contributed by atoms with Crippen LogP contribution in [0, 0.1) is 0 Å². The molecule has 0 unspecified atom stereocenters. The van der Waals surface area contributed by atoms with E-state index >= 15 is 0 Å². The van der Waals surface area contributed by atoms with Crippen LogP contribution in [-0.4, -0.2) is 67.4 Å². The smallest absolute Gasteiger partial charge is 0.338 e. The minimum atomic E-state index is -1.37. The zero-order valence-corrected chi connectivity index (χ0v) is 20.0. The molecular weight excluding hydrogens is 480 g/mol. The maximum Gasteiger partial charge on any atom is 0.338 e. The third kappa shape index (κ3) is 6.21. The number of carbonyl (C=O) groups excluding carboxylic acids is 3. The molecule has 0 radical (unpaired) electrons. The molecule has 1 N–H and O–H groups in total. The maximum atomic E-state index is 13.1. The summed E-state index contributed by atoms with van der Waals surface area (Å²) >= 11 is 0. The summed E-state index contributed by atoms with van der Waals surface area (Å²) in [6.45, 7) is -0.592. The van der Waals surface area contributed by atoms with E-state index in [1.165, 1.54) is 7.11 Å². The summed E-state index contributed by atoms with van der Waals surface area (Å²) in [5, 5.41) is 10.1. The van der Waals surface area contributed by atoms with Crippen LogP contribution in [0.3, 0.4) is 0 Å². The number of methoxy groups -OCH3 is 1. The summed E-state index contributed by atoms with van der Waals surface area (Å²) in [5.41, 5.74) is 0.705.